The van der Waals surface area contributed by atoms with E-state index in [-0.39, 0.29) is 5.92 Å². The molecule has 1 aliphatic carbocycles. The van der Waals surface area contributed by atoms with Crippen LogP contribution < -0.4 is 0 Å². The van der Waals surface area contributed by atoms with Crippen LogP contribution >= 0.6 is 0 Å². The lowest BCUT2D eigenvalue weighted by Crippen LogP contribution is -2.20. The highest BCUT2D eigenvalue weighted by molar-refractivity contribution is 5.19. The Morgan fingerprint density at radius 2 is 1.81 bits per heavy atom. The van der Waals surface area contributed by atoms with Gasteiger partial charge in [0, 0.05) is 0 Å². The van der Waals surface area contributed by atoms with E-state index in [4.69, 9.17) is 4.74 Å². The van der Waals surface area contributed by atoms with E-state index in [0.717, 1.165) is 18.4 Å². The quantitative estimate of drug-likeness (QED) is 0.766. The van der Waals surface area contributed by atoms with Crippen molar-refractivity contribution in [3.63, 3.8) is 0 Å². The lowest BCUT2D eigenvalue weighted by Gasteiger charge is -2.18. The zero-order valence-corrected chi connectivity index (χ0v) is 8.70. The predicted molar refractivity (Wildman–Crippen MR) is 53.9 cm³/mol. The van der Waals surface area contributed by atoms with Gasteiger partial charge in [0.1, 0.15) is 6.61 Å². The molecule has 4 heteroatoms. The third-order valence-electron chi connectivity index (χ3n) is 2.60. The van der Waals surface area contributed by atoms with Crippen molar-refractivity contribution < 1.29 is 17.9 Å². The van der Waals surface area contributed by atoms with Gasteiger partial charge >= 0.3 is 6.18 Å². The first-order valence-electron chi connectivity index (χ1n) is 5.29. The summed E-state index contributed by atoms with van der Waals surface area (Å²) in [6.07, 6.45) is -2.74. The maximum absolute atomic E-state index is 12.1. The monoisotopic (exact) mass is 230 g/mol. The van der Waals surface area contributed by atoms with Gasteiger partial charge in [-0.25, -0.2) is 0 Å². The van der Waals surface area contributed by atoms with E-state index < -0.39 is 18.9 Å². The number of alkyl halides is 3. The fraction of sp³-hybridized carbons (Fsp3) is 0.500. The number of hydrogen-bond acceptors (Lipinski definition) is 1. The van der Waals surface area contributed by atoms with Crippen LogP contribution in [0.4, 0.5) is 13.2 Å². The van der Waals surface area contributed by atoms with E-state index in [1.165, 1.54) is 0 Å². The van der Waals surface area contributed by atoms with Crippen LogP contribution in [0.15, 0.2) is 30.3 Å². The fourth-order valence-electron chi connectivity index (χ4n) is 1.73. The summed E-state index contributed by atoms with van der Waals surface area (Å²) < 4.78 is 41.3. The molecular weight excluding hydrogens is 217 g/mol. The van der Waals surface area contributed by atoms with E-state index in [1.54, 1.807) is 0 Å². The van der Waals surface area contributed by atoms with Gasteiger partial charge in [0.15, 0.2) is 0 Å². The van der Waals surface area contributed by atoms with Gasteiger partial charge in [-0.3, -0.25) is 0 Å². The van der Waals surface area contributed by atoms with E-state index in [9.17, 15) is 13.2 Å². The van der Waals surface area contributed by atoms with E-state index in [0.29, 0.717) is 0 Å². The highest BCUT2D eigenvalue weighted by Gasteiger charge is 2.36. The summed E-state index contributed by atoms with van der Waals surface area (Å²) in [4.78, 5) is 0. The third kappa shape index (κ3) is 3.23. The Bertz CT molecular complexity index is 330. The minimum absolute atomic E-state index is 0.254. The van der Waals surface area contributed by atoms with Crippen LogP contribution in [0.3, 0.4) is 0 Å². The molecule has 1 aromatic carbocycles. The number of ether oxygens (including phenoxy) is 1. The van der Waals surface area contributed by atoms with Crippen LogP contribution in [0.1, 0.15) is 24.5 Å². The Kier molecular flexibility index (Phi) is 3.19. The molecule has 0 aliphatic heterocycles. The Balaban J connectivity index is 2.01. The molecule has 0 amide bonds. The third-order valence-corrected chi connectivity index (χ3v) is 2.60. The van der Waals surface area contributed by atoms with Gasteiger partial charge in [-0.05, 0) is 24.3 Å². The molecule has 1 nitrogen and oxygen atoms in total. The van der Waals surface area contributed by atoms with Gasteiger partial charge in [0.05, 0.1) is 6.10 Å². The molecule has 1 saturated carbocycles. The standard InChI is InChI=1S/C12H13F3O/c13-12(14,15)8-16-11(10-6-7-10)9-4-2-1-3-5-9/h1-5,10-11H,6-8H2. The van der Waals surface area contributed by atoms with Crippen molar-refractivity contribution in [1.29, 1.82) is 0 Å². The topological polar surface area (TPSA) is 9.23 Å². The summed E-state index contributed by atoms with van der Waals surface area (Å²) in [7, 11) is 0. The first-order valence-corrected chi connectivity index (χ1v) is 5.29. The first kappa shape index (κ1) is 11.5. The minimum atomic E-state index is -4.25. The van der Waals surface area contributed by atoms with E-state index in [2.05, 4.69) is 0 Å². The van der Waals surface area contributed by atoms with Crippen LogP contribution in [0.25, 0.3) is 0 Å². The summed E-state index contributed by atoms with van der Waals surface area (Å²) >= 11 is 0. The first-order chi connectivity index (χ1) is 7.56. The molecule has 2 rings (SSSR count). The van der Waals surface area contributed by atoms with Crippen LogP contribution in [0.2, 0.25) is 0 Å². The Hall–Kier alpha value is -1.03. The second kappa shape index (κ2) is 4.45. The zero-order chi connectivity index (χ0) is 11.6. The largest absolute Gasteiger partial charge is 0.411 e. The predicted octanol–water partition coefficient (Wildman–Crippen LogP) is 3.72. The zero-order valence-electron chi connectivity index (χ0n) is 8.70. The van der Waals surface area contributed by atoms with Crippen molar-refractivity contribution in [2.75, 3.05) is 6.61 Å². The van der Waals surface area contributed by atoms with Crippen LogP contribution in [0.5, 0.6) is 0 Å². The second-order valence-corrected chi connectivity index (χ2v) is 4.09. The molecule has 88 valence electrons. The van der Waals surface area contributed by atoms with Crippen molar-refractivity contribution in [1.82, 2.24) is 0 Å². The van der Waals surface area contributed by atoms with Gasteiger partial charge in [-0.1, -0.05) is 30.3 Å². The molecular formula is C12H13F3O. The molecule has 0 N–H and O–H groups in total. The van der Waals surface area contributed by atoms with Crippen molar-refractivity contribution >= 4 is 0 Å². The minimum Gasteiger partial charge on any atom is -0.364 e. The van der Waals surface area contributed by atoms with Crippen molar-refractivity contribution in [3.05, 3.63) is 35.9 Å². The SMILES string of the molecule is FC(F)(F)COC(c1ccccc1)C1CC1. The van der Waals surface area contributed by atoms with Gasteiger partial charge in [0.2, 0.25) is 0 Å². The van der Waals surface area contributed by atoms with Crippen molar-refractivity contribution in [2.24, 2.45) is 5.92 Å². The van der Waals surface area contributed by atoms with Crippen LogP contribution in [-0.2, 0) is 4.74 Å². The number of halogens is 3. The van der Waals surface area contributed by atoms with Gasteiger partial charge in [-0.15, -0.1) is 0 Å². The molecule has 0 aromatic heterocycles. The summed E-state index contributed by atoms with van der Waals surface area (Å²) in [6, 6.07) is 9.12. The maximum Gasteiger partial charge on any atom is 0.411 e. The highest BCUT2D eigenvalue weighted by atomic mass is 19.4. The molecule has 0 heterocycles. The van der Waals surface area contributed by atoms with Crippen LogP contribution in [-0.4, -0.2) is 12.8 Å². The number of hydrogen-bond donors (Lipinski definition) is 0. The molecule has 1 aromatic rings. The average Bonchev–Trinajstić information content (AvgIpc) is 3.02. The maximum atomic E-state index is 12.1. The fourth-order valence-corrected chi connectivity index (χ4v) is 1.73. The molecule has 0 bridgehead atoms. The molecule has 1 aliphatic rings. The van der Waals surface area contributed by atoms with Gasteiger partial charge < -0.3 is 4.74 Å². The molecule has 0 saturated heterocycles. The Morgan fingerprint density at radius 3 is 2.31 bits per heavy atom. The number of rotatable bonds is 4. The molecule has 16 heavy (non-hydrogen) atoms. The molecule has 1 unspecified atom stereocenters. The lowest BCUT2D eigenvalue weighted by molar-refractivity contribution is -0.188. The number of benzene rings is 1. The lowest BCUT2D eigenvalue weighted by atomic mass is 10.1. The Morgan fingerprint density at radius 1 is 1.19 bits per heavy atom. The molecule has 0 radical (unpaired) electrons. The van der Waals surface area contributed by atoms with Crippen molar-refractivity contribution in [2.45, 2.75) is 25.1 Å². The second-order valence-electron chi connectivity index (χ2n) is 4.09. The molecule has 1 fully saturated rings. The van der Waals surface area contributed by atoms with Crippen LogP contribution in [0, 0.1) is 5.92 Å². The summed E-state index contributed by atoms with van der Waals surface area (Å²) in [5, 5.41) is 0. The van der Waals surface area contributed by atoms with E-state index in [1.807, 2.05) is 30.3 Å². The highest BCUT2D eigenvalue weighted by Crippen LogP contribution is 2.43. The molecule has 0 spiro atoms. The summed E-state index contributed by atoms with van der Waals surface area (Å²) in [6.45, 7) is -1.16. The Labute approximate surface area is 92.2 Å². The smallest absolute Gasteiger partial charge is 0.364 e. The van der Waals surface area contributed by atoms with Crippen molar-refractivity contribution in [3.8, 4) is 0 Å². The average molecular weight is 230 g/mol. The summed E-state index contributed by atoms with van der Waals surface area (Å²) in [5.41, 5.74) is 0.842. The van der Waals surface area contributed by atoms with Gasteiger partial charge in [-0.2, -0.15) is 13.2 Å². The normalized spacial score (nSPS) is 18.4. The van der Waals surface area contributed by atoms with Gasteiger partial charge in [0.25, 0.3) is 0 Å². The molecule has 1 atom stereocenters. The van der Waals surface area contributed by atoms with E-state index >= 15 is 0 Å². The summed E-state index contributed by atoms with van der Waals surface area (Å²) in [5.74, 6) is 0.254.